The van der Waals surface area contributed by atoms with Crippen LogP contribution in [0.25, 0.3) is 0 Å². The lowest BCUT2D eigenvalue weighted by atomic mass is 9.75. The number of rotatable bonds is 1. The summed E-state index contributed by atoms with van der Waals surface area (Å²) in [6.07, 6.45) is 5.12. The van der Waals surface area contributed by atoms with E-state index in [0.717, 1.165) is 32.1 Å². The number of carboxylic acid groups (broad SMARTS) is 1. The van der Waals surface area contributed by atoms with Crippen molar-refractivity contribution in [3.05, 3.63) is 23.8 Å². The molecular weight excluding hydrogens is 290 g/mol. The lowest BCUT2D eigenvalue weighted by Gasteiger charge is -2.35. The second-order valence-corrected chi connectivity index (χ2v) is 8.15. The van der Waals surface area contributed by atoms with Crippen LogP contribution in [0.2, 0.25) is 0 Å². The molecule has 1 spiro atoms. The van der Waals surface area contributed by atoms with Gasteiger partial charge in [0.2, 0.25) is 0 Å². The largest absolute Gasteiger partial charge is 0.478 e. The Labute approximate surface area is 124 Å². The summed E-state index contributed by atoms with van der Waals surface area (Å²) in [5.74, 6) is -0.888. The number of anilines is 1. The molecule has 0 aromatic heterocycles. The monoisotopic (exact) mass is 309 g/mol. The van der Waals surface area contributed by atoms with Gasteiger partial charge < -0.3 is 10.4 Å². The molecule has 1 aromatic carbocycles. The van der Waals surface area contributed by atoms with Crippen molar-refractivity contribution < 1.29 is 18.3 Å². The second-order valence-electron chi connectivity index (χ2n) is 6.19. The number of hydrogen-bond donors (Lipinski definition) is 2. The molecule has 21 heavy (non-hydrogen) atoms. The predicted octanol–water partition coefficient (Wildman–Crippen LogP) is 2.53. The summed E-state index contributed by atoms with van der Waals surface area (Å²) in [4.78, 5) is 11.3. The molecule has 0 bridgehead atoms. The molecule has 1 aromatic rings. The van der Waals surface area contributed by atoms with Crippen molar-refractivity contribution in [1.82, 2.24) is 0 Å². The maximum absolute atomic E-state index is 12.7. The van der Waals surface area contributed by atoms with Gasteiger partial charge in [0.1, 0.15) is 0 Å². The molecule has 114 valence electrons. The van der Waals surface area contributed by atoms with Crippen molar-refractivity contribution in [2.75, 3.05) is 17.6 Å². The fourth-order valence-electron chi connectivity index (χ4n) is 3.51. The number of aromatic carboxylic acids is 1. The number of nitrogens with one attached hydrogen (secondary N) is 1. The first-order chi connectivity index (χ1) is 9.92. The predicted molar refractivity (Wildman–Crippen MR) is 79.5 cm³/mol. The third-order valence-corrected chi connectivity index (χ3v) is 6.64. The van der Waals surface area contributed by atoms with E-state index in [4.69, 9.17) is 5.11 Å². The van der Waals surface area contributed by atoms with Gasteiger partial charge in [-0.1, -0.05) is 19.3 Å². The quantitative estimate of drug-likeness (QED) is 0.833. The normalized spacial score (nSPS) is 22.9. The van der Waals surface area contributed by atoms with Gasteiger partial charge >= 0.3 is 5.97 Å². The van der Waals surface area contributed by atoms with E-state index in [1.807, 2.05) is 0 Å². The van der Waals surface area contributed by atoms with Gasteiger partial charge in [-0.3, -0.25) is 0 Å². The summed E-state index contributed by atoms with van der Waals surface area (Å²) in [5, 5.41) is 12.2. The van der Waals surface area contributed by atoms with Crippen molar-refractivity contribution in [3.8, 4) is 0 Å². The molecule has 2 N–H and O–H groups in total. The summed E-state index contributed by atoms with van der Waals surface area (Å²) in [5.41, 5.74) is 0.327. The van der Waals surface area contributed by atoms with Crippen LogP contribution in [-0.4, -0.2) is 31.8 Å². The number of carbonyl (C=O) groups is 1. The number of hydrogen-bond acceptors (Lipinski definition) is 4. The van der Waals surface area contributed by atoms with E-state index in [1.165, 1.54) is 18.2 Å². The van der Waals surface area contributed by atoms with Crippen LogP contribution in [0.4, 0.5) is 5.69 Å². The van der Waals surface area contributed by atoms with E-state index in [9.17, 15) is 13.2 Å². The van der Waals surface area contributed by atoms with Crippen LogP contribution in [-0.2, 0) is 9.84 Å². The maximum Gasteiger partial charge on any atom is 0.335 e. The van der Waals surface area contributed by atoms with E-state index < -0.39 is 15.8 Å². The molecule has 3 rings (SSSR count). The van der Waals surface area contributed by atoms with Gasteiger partial charge in [-0.05, 0) is 31.0 Å². The SMILES string of the molecule is O=C(O)c1ccc2c(c1)NCC1(CCCCC1)CS2(=O)=O. The average molecular weight is 309 g/mol. The molecular formula is C15H19NO4S. The molecule has 1 aliphatic heterocycles. The Morgan fingerprint density at radius 2 is 1.90 bits per heavy atom. The van der Waals surface area contributed by atoms with Crippen LogP contribution in [0.1, 0.15) is 42.5 Å². The second kappa shape index (κ2) is 5.02. The van der Waals surface area contributed by atoms with Crippen molar-refractivity contribution in [2.24, 2.45) is 5.41 Å². The van der Waals surface area contributed by atoms with Gasteiger partial charge in [0.15, 0.2) is 9.84 Å². The highest BCUT2D eigenvalue weighted by Gasteiger charge is 2.40. The molecule has 1 heterocycles. The number of benzene rings is 1. The van der Waals surface area contributed by atoms with Gasteiger partial charge in [0, 0.05) is 12.0 Å². The van der Waals surface area contributed by atoms with Crippen molar-refractivity contribution in [3.63, 3.8) is 0 Å². The van der Waals surface area contributed by atoms with Crippen LogP contribution in [0.5, 0.6) is 0 Å². The summed E-state index contributed by atoms with van der Waals surface area (Å²) in [7, 11) is -3.38. The minimum absolute atomic E-state index is 0.107. The lowest BCUT2D eigenvalue weighted by Crippen LogP contribution is -2.36. The van der Waals surface area contributed by atoms with Gasteiger partial charge in [-0.2, -0.15) is 0 Å². The van der Waals surface area contributed by atoms with Gasteiger partial charge in [-0.15, -0.1) is 0 Å². The van der Waals surface area contributed by atoms with E-state index >= 15 is 0 Å². The zero-order chi connectivity index (χ0) is 15.1. The smallest absolute Gasteiger partial charge is 0.335 e. The molecule has 0 amide bonds. The first kappa shape index (κ1) is 14.4. The molecule has 0 atom stereocenters. The molecule has 1 saturated carbocycles. The topological polar surface area (TPSA) is 83.5 Å². The highest BCUT2D eigenvalue weighted by molar-refractivity contribution is 7.91. The van der Waals surface area contributed by atoms with E-state index in [0.29, 0.717) is 12.2 Å². The molecule has 0 radical (unpaired) electrons. The molecule has 0 unspecified atom stereocenters. The summed E-state index contributed by atoms with van der Waals surface area (Å²) in [6.45, 7) is 0.600. The first-order valence-corrected chi connectivity index (χ1v) is 8.91. The van der Waals surface area contributed by atoms with E-state index in [-0.39, 0.29) is 21.6 Å². The molecule has 5 nitrogen and oxygen atoms in total. The highest BCUT2D eigenvalue weighted by atomic mass is 32.2. The van der Waals surface area contributed by atoms with Gasteiger partial charge in [0.05, 0.1) is 21.9 Å². The fraction of sp³-hybridized carbons (Fsp3) is 0.533. The lowest BCUT2D eigenvalue weighted by molar-refractivity contribution is 0.0697. The average Bonchev–Trinajstić information content (AvgIpc) is 2.54. The minimum atomic E-state index is -3.38. The third kappa shape index (κ3) is 2.64. The molecule has 0 saturated heterocycles. The van der Waals surface area contributed by atoms with Crippen molar-refractivity contribution >= 4 is 21.5 Å². The summed E-state index contributed by atoms with van der Waals surface area (Å²) < 4.78 is 25.3. The summed E-state index contributed by atoms with van der Waals surface area (Å²) in [6, 6.07) is 4.21. The Balaban J connectivity index is 2.03. The third-order valence-electron chi connectivity index (χ3n) is 4.63. The van der Waals surface area contributed by atoms with Crippen molar-refractivity contribution in [2.45, 2.75) is 37.0 Å². The number of sulfone groups is 1. The Kier molecular flexibility index (Phi) is 3.43. The van der Waals surface area contributed by atoms with Crippen LogP contribution >= 0.6 is 0 Å². The minimum Gasteiger partial charge on any atom is -0.478 e. The Bertz CT molecular complexity index is 675. The van der Waals surface area contributed by atoms with Crippen LogP contribution in [0.3, 0.4) is 0 Å². The standard InChI is InChI=1S/C15H19NO4S/c17-14(18)11-4-5-13-12(8-11)16-9-15(10-21(13,19)20)6-2-1-3-7-15/h4-5,8,16H,1-3,6-7,9-10H2,(H,17,18). The van der Waals surface area contributed by atoms with Crippen molar-refractivity contribution in [1.29, 1.82) is 0 Å². The van der Waals surface area contributed by atoms with Crippen LogP contribution < -0.4 is 5.32 Å². The summed E-state index contributed by atoms with van der Waals surface area (Å²) >= 11 is 0. The molecule has 1 fully saturated rings. The number of fused-ring (bicyclic) bond motifs is 1. The zero-order valence-electron chi connectivity index (χ0n) is 11.8. The number of carboxylic acids is 1. The highest BCUT2D eigenvalue weighted by Crippen LogP contribution is 2.42. The molecule has 6 heteroatoms. The van der Waals surface area contributed by atoms with E-state index in [2.05, 4.69) is 5.32 Å². The van der Waals surface area contributed by atoms with Crippen LogP contribution in [0, 0.1) is 5.41 Å². The Hall–Kier alpha value is -1.56. The molecule has 1 aliphatic carbocycles. The van der Waals surface area contributed by atoms with Crippen LogP contribution in [0.15, 0.2) is 23.1 Å². The molecule has 2 aliphatic rings. The Morgan fingerprint density at radius 1 is 1.19 bits per heavy atom. The van der Waals surface area contributed by atoms with Gasteiger partial charge in [-0.25, -0.2) is 13.2 Å². The zero-order valence-corrected chi connectivity index (χ0v) is 12.6. The maximum atomic E-state index is 12.7. The fourth-order valence-corrected chi connectivity index (χ4v) is 5.60. The Morgan fingerprint density at radius 3 is 2.57 bits per heavy atom. The first-order valence-electron chi connectivity index (χ1n) is 7.26. The van der Waals surface area contributed by atoms with E-state index in [1.54, 1.807) is 0 Å². The van der Waals surface area contributed by atoms with Gasteiger partial charge in [0.25, 0.3) is 0 Å².